The number of allylic oxidation sites excluding steroid dienone is 1. The molecule has 0 rings (SSSR count). The summed E-state index contributed by atoms with van der Waals surface area (Å²) >= 11 is 0. The average Bonchev–Trinajstić information content (AvgIpc) is 3.71. The summed E-state index contributed by atoms with van der Waals surface area (Å²) in [5.74, 6) is -0.165. The van der Waals surface area contributed by atoms with Crippen molar-refractivity contribution in [3.63, 3.8) is 0 Å². The second-order valence-electron chi connectivity index (χ2n) is 28.8. The van der Waals surface area contributed by atoms with Gasteiger partial charge in [-0.2, -0.15) is 0 Å². The van der Waals surface area contributed by atoms with Gasteiger partial charge in [0.05, 0.1) is 39.9 Å². The van der Waals surface area contributed by atoms with Gasteiger partial charge in [-0.3, -0.25) is 13.8 Å². The number of quaternary nitrogens is 1. The van der Waals surface area contributed by atoms with Crippen LogP contribution in [0.1, 0.15) is 431 Å². The highest BCUT2D eigenvalue weighted by molar-refractivity contribution is 7.47. The fourth-order valence-electron chi connectivity index (χ4n) is 12.6. The molecule has 0 spiro atoms. The molecule has 3 unspecified atom stereocenters. The Bertz CT molecular complexity index is 1420. The van der Waals surface area contributed by atoms with Crippen LogP contribution in [-0.4, -0.2) is 73.4 Å². The number of rotatable bonds is 75. The molecule has 0 aliphatic carbocycles. The van der Waals surface area contributed by atoms with Gasteiger partial charge < -0.3 is 19.8 Å². The lowest BCUT2D eigenvalue weighted by Crippen LogP contribution is -2.45. The molecule has 8 nitrogen and oxygen atoms in total. The highest BCUT2D eigenvalue weighted by Gasteiger charge is 2.28. The molecule has 0 aliphatic rings. The van der Waals surface area contributed by atoms with Crippen LogP contribution in [0.15, 0.2) is 12.2 Å². The van der Waals surface area contributed by atoms with E-state index in [1.807, 2.05) is 27.2 Å². The van der Waals surface area contributed by atoms with E-state index in [0.717, 1.165) is 32.1 Å². The number of aliphatic hydroxyl groups excluding tert-OH is 1. The number of carbonyl (C=O) groups excluding carboxylic acids is 1. The number of aliphatic hydroxyl groups is 1. The number of nitrogens with one attached hydrogen (secondary N) is 1. The van der Waals surface area contributed by atoms with Crippen LogP contribution in [-0.2, 0) is 18.4 Å². The second-order valence-corrected chi connectivity index (χ2v) is 30.3. The summed E-state index contributed by atoms with van der Waals surface area (Å²) in [5, 5.41) is 14.1. The maximum absolute atomic E-state index is 13.1. The topological polar surface area (TPSA) is 105 Å². The number of nitrogens with zero attached hydrogens (tertiary/aromatic N) is 1. The van der Waals surface area contributed by atoms with E-state index in [4.69, 9.17) is 9.05 Å². The first-order valence-corrected chi connectivity index (χ1v) is 41.1. The van der Waals surface area contributed by atoms with Crippen molar-refractivity contribution in [3.8, 4) is 0 Å². The zero-order valence-electron chi connectivity index (χ0n) is 59.8. The van der Waals surface area contributed by atoms with E-state index >= 15 is 0 Å². The average molecular weight is 1250 g/mol. The molecule has 0 bridgehead atoms. The lowest BCUT2D eigenvalue weighted by molar-refractivity contribution is -0.870. The van der Waals surface area contributed by atoms with E-state index in [9.17, 15) is 19.4 Å². The van der Waals surface area contributed by atoms with Crippen molar-refractivity contribution in [2.24, 2.45) is 0 Å². The van der Waals surface area contributed by atoms with Crippen LogP contribution in [0.3, 0.4) is 0 Å². The van der Waals surface area contributed by atoms with Crippen molar-refractivity contribution in [2.75, 3.05) is 40.9 Å². The molecule has 0 aliphatic heterocycles. The highest BCUT2D eigenvalue weighted by Crippen LogP contribution is 2.43. The number of carbonyl (C=O) groups is 1. The molecule has 0 aromatic rings. The monoisotopic (exact) mass is 1250 g/mol. The molecular formula is C78H158N2O6P+. The third-order valence-corrected chi connectivity index (χ3v) is 19.7. The van der Waals surface area contributed by atoms with Gasteiger partial charge in [0.1, 0.15) is 13.2 Å². The molecule has 1 amide bonds. The van der Waals surface area contributed by atoms with Crippen LogP contribution in [0.4, 0.5) is 0 Å². The van der Waals surface area contributed by atoms with Crippen LogP contribution in [0, 0.1) is 0 Å². The van der Waals surface area contributed by atoms with Crippen molar-refractivity contribution in [1.82, 2.24) is 5.32 Å². The number of hydrogen-bond acceptors (Lipinski definition) is 5. The van der Waals surface area contributed by atoms with E-state index in [2.05, 4.69) is 19.2 Å². The quantitative estimate of drug-likeness (QED) is 0.0243. The smallest absolute Gasteiger partial charge is 0.387 e. The lowest BCUT2D eigenvalue weighted by Gasteiger charge is -2.25. The van der Waals surface area contributed by atoms with Gasteiger partial charge in [-0.25, -0.2) is 4.57 Å². The van der Waals surface area contributed by atoms with Gasteiger partial charge in [0.25, 0.3) is 0 Å². The molecule has 3 N–H and O–H groups in total. The maximum Gasteiger partial charge on any atom is 0.472 e. The number of phosphoric acid groups is 1. The van der Waals surface area contributed by atoms with E-state index < -0.39 is 20.0 Å². The molecular weight excluding hydrogens is 1090 g/mol. The first-order valence-electron chi connectivity index (χ1n) is 39.6. The first-order chi connectivity index (χ1) is 42.5. The molecule has 3 atom stereocenters. The molecule has 0 heterocycles. The van der Waals surface area contributed by atoms with Crippen molar-refractivity contribution >= 4 is 13.7 Å². The van der Waals surface area contributed by atoms with Gasteiger partial charge in [0.15, 0.2) is 0 Å². The van der Waals surface area contributed by atoms with Gasteiger partial charge in [0, 0.05) is 6.42 Å². The van der Waals surface area contributed by atoms with Crippen LogP contribution in [0.5, 0.6) is 0 Å². The molecule has 0 saturated carbocycles. The molecule has 0 aromatic heterocycles. The highest BCUT2D eigenvalue weighted by atomic mass is 31.2. The summed E-state index contributed by atoms with van der Waals surface area (Å²) in [6.07, 6.45) is 91.2. The lowest BCUT2D eigenvalue weighted by atomic mass is 10.0. The van der Waals surface area contributed by atoms with Crippen molar-refractivity contribution in [3.05, 3.63) is 12.2 Å². The van der Waals surface area contributed by atoms with E-state index in [1.54, 1.807) is 6.08 Å². The zero-order valence-corrected chi connectivity index (χ0v) is 60.7. The summed E-state index contributed by atoms with van der Waals surface area (Å²) in [7, 11) is 1.60. The van der Waals surface area contributed by atoms with Crippen LogP contribution >= 0.6 is 7.82 Å². The standard InChI is InChI=1S/C78H157N2O6P/c1-6-8-10-12-14-16-18-20-22-24-26-28-30-32-34-35-36-37-38-39-40-41-42-43-44-46-48-50-52-54-56-58-60-62-64-66-68-70-72-78(82)79-76(75-86-87(83,84)85-74-73-80(3,4)5)77(81)71-69-67-65-63-61-59-57-55-53-51-49-47-45-33-31-29-27-25-23-21-19-17-15-13-11-9-7-2/h69,71,76-77,81H,6-68,70,72-75H2,1-5H3,(H-,79,82,83,84)/p+1/b71-69+. The second kappa shape index (κ2) is 69.6. The fourth-order valence-corrected chi connectivity index (χ4v) is 13.4. The Balaban J connectivity index is 3.91. The first kappa shape index (κ1) is 86.2. The SMILES string of the molecule is CCCCCCCCCCCCCCCCCCCCCCCCCCC/C=C/C(O)C(COP(=O)(O)OCC[N+](C)(C)C)NC(=O)CCCCCCCCCCCCCCCCCCCCCCCCCCCCCCCCCCCCCCCC. The van der Waals surface area contributed by atoms with Gasteiger partial charge in [0.2, 0.25) is 5.91 Å². The van der Waals surface area contributed by atoms with Crippen molar-refractivity contribution < 1.29 is 32.9 Å². The van der Waals surface area contributed by atoms with E-state index in [-0.39, 0.29) is 19.1 Å². The Kier molecular flexibility index (Phi) is 69.0. The molecule has 9 heteroatoms. The minimum Gasteiger partial charge on any atom is -0.387 e. The van der Waals surface area contributed by atoms with Gasteiger partial charge in [-0.1, -0.05) is 418 Å². The van der Waals surface area contributed by atoms with Crippen LogP contribution < -0.4 is 5.32 Å². The number of amides is 1. The van der Waals surface area contributed by atoms with Crippen LogP contribution in [0.25, 0.3) is 0 Å². The summed E-state index contributed by atoms with van der Waals surface area (Å²) in [5.41, 5.74) is 0. The summed E-state index contributed by atoms with van der Waals surface area (Å²) in [6.45, 7) is 4.90. The number of unbranched alkanes of at least 4 members (excludes halogenated alkanes) is 62. The Morgan fingerprint density at radius 2 is 0.609 bits per heavy atom. The molecule has 0 saturated heterocycles. The van der Waals surface area contributed by atoms with Gasteiger partial charge >= 0.3 is 7.82 Å². The fraction of sp³-hybridized carbons (Fsp3) is 0.962. The molecule has 0 radical (unpaired) electrons. The minimum absolute atomic E-state index is 0.0656. The van der Waals surface area contributed by atoms with Gasteiger partial charge in [-0.15, -0.1) is 0 Å². The van der Waals surface area contributed by atoms with E-state index in [0.29, 0.717) is 17.4 Å². The Labute approximate surface area is 545 Å². The minimum atomic E-state index is -4.35. The number of hydrogen-bond donors (Lipinski definition) is 3. The summed E-state index contributed by atoms with van der Waals surface area (Å²) < 4.78 is 23.9. The zero-order chi connectivity index (χ0) is 63.4. The normalized spacial score (nSPS) is 13.5. The Hall–Kier alpha value is -0.760. The predicted molar refractivity (Wildman–Crippen MR) is 383 cm³/mol. The Morgan fingerprint density at radius 1 is 0.379 bits per heavy atom. The van der Waals surface area contributed by atoms with Crippen LogP contribution in [0.2, 0.25) is 0 Å². The molecule has 0 fully saturated rings. The third-order valence-electron chi connectivity index (χ3n) is 18.8. The summed E-state index contributed by atoms with van der Waals surface area (Å²) in [4.78, 5) is 23.5. The molecule has 0 aromatic carbocycles. The third kappa shape index (κ3) is 72.5. The summed E-state index contributed by atoms with van der Waals surface area (Å²) in [6, 6.07) is -0.844. The Morgan fingerprint density at radius 3 is 0.851 bits per heavy atom. The van der Waals surface area contributed by atoms with Crippen molar-refractivity contribution in [2.45, 2.75) is 443 Å². The maximum atomic E-state index is 13.1. The number of likely N-dealkylation sites (N-methyl/N-ethyl adjacent to an activating group) is 1. The van der Waals surface area contributed by atoms with Crippen molar-refractivity contribution in [1.29, 1.82) is 0 Å². The predicted octanol–water partition coefficient (Wildman–Crippen LogP) is 25.6. The molecule has 520 valence electrons. The van der Waals surface area contributed by atoms with E-state index in [1.165, 1.54) is 379 Å². The largest absolute Gasteiger partial charge is 0.472 e. The molecule has 87 heavy (non-hydrogen) atoms. The number of phosphoric ester groups is 1. The van der Waals surface area contributed by atoms with Gasteiger partial charge in [-0.05, 0) is 19.3 Å².